The van der Waals surface area contributed by atoms with Crippen molar-refractivity contribution < 1.29 is 28.7 Å². The number of anilines is 1. The van der Waals surface area contributed by atoms with E-state index in [-0.39, 0.29) is 21.4 Å². The largest absolute Gasteiger partial charge is 0.479 e. The average Bonchev–Trinajstić information content (AvgIpc) is 2.69. The van der Waals surface area contributed by atoms with Crippen LogP contribution in [0.15, 0.2) is 35.9 Å². The van der Waals surface area contributed by atoms with Crippen molar-refractivity contribution >= 4 is 58.8 Å². The van der Waals surface area contributed by atoms with Crippen LogP contribution in [0.2, 0.25) is 10.0 Å². The zero-order chi connectivity index (χ0) is 23.6. The number of hydrogen-bond acceptors (Lipinski definition) is 6. The lowest BCUT2D eigenvalue weighted by molar-refractivity contribution is -0.143. The molecule has 4 amide bonds. The fourth-order valence-electron chi connectivity index (χ4n) is 3.13. The van der Waals surface area contributed by atoms with Crippen molar-refractivity contribution in [3.05, 3.63) is 62.6 Å². The molecule has 0 saturated carbocycles. The van der Waals surface area contributed by atoms with E-state index in [1.54, 1.807) is 12.1 Å². The van der Waals surface area contributed by atoms with Crippen LogP contribution in [0.3, 0.4) is 0 Å². The Balaban J connectivity index is 1.96. The summed E-state index contributed by atoms with van der Waals surface area (Å²) >= 11 is 12.4. The van der Waals surface area contributed by atoms with E-state index >= 15 is 0 Å². The summed E-state index contributed by atoms with van der Waals surface area (Å²) in [5.74, 6) is -2.21. The zero-order valence-electron chi connectivity index (χ0n) is 17.3. The summed E-state index contributed by atoms with van der Waals surface area (Å²) in [7, 11) is 1.21. The van der Waals surface area contributed by atoms with E-state index in [0.717, 1.165) is 16.0 Å². The molecule has 1 aliphatic heterocycles. The molecule has 166 valence electrons. The summed E-state index contributed by atoms with van der Waals surface area (Å²) in [5.41, 5.74) is 2.08. The lowest BCUT2D eigenvalue weighted by Gasteiger charge is -2.27. The minimum absolute atomic E-state index is 0.0485. The predicted molar refractivity (Wildman–Crippen MR) is 119 cm³/mol. The number of barbiturate groups is 1. The van der Waals surface area contributed by atoms with Crippen LogP contribution in [0.5, 0.6) is 5.75 Å². The van der Waals surface area contributed by atoms with Gasteiger partial charge in [-0.15, -0.1) is 0 Å². The Hall–Kier alpha value is -3.36. The van der Waals surface area contributed by atoms with Crippen molar-refractivity contribution in [1.29, 1.82) is 0 Å². The monoisotopic (exact) mass is 476 g/mol. The number of hydrogen-bond donors (Lipinski definition) is 1. The van der Waals surface area contributed by atoms with Gasteiger partial charge in [0.15, 0.2) is 12.4 Å². The zero-order valence-corrected chi connectivity index (χ0v) is 18.8. The van der Waals surface area contributed by atoms with Crippen LogP contribution >= 0.6 is 23.2 Å². The first-order valence-corrected chi connectivity index (χ1v) is 10.0. The van der Waals surface area contributed by atoms with Gasteiger partial charge in [-0.1, -0.05) is 29.3 Å². The number of nitrogens with zero attached hydrogens (tertiary/aromatic N) is 1. The molecular weight excluding hydrogens is 459 g/mol. The number of ether oxygens (including phenoxy) is 2. The van der Waals surface area contributed by atoms with E-state index in [1.807, 2.05) is 19.9 Å². The molecule has 1 N–H and O–H groups in total. The highest BCUT2D eigenvalue weighted by Gasteiger charge is 2.37. The van der Waals surface area contributed by atoms with Gasteiger partial charge < -0.3 is 9.47 Å². The topological polar surface area (TPSA) is 102 Å². The van der Waals surface area contributed by atoms with E-state index < -0.39 is 30.4 Å². The van der Waals surface area contributed by atoms with Crippen molar-refractivity contribution in [2.75, 3.05) is 18.6 Å². The maximum Gasteiger partial charge on any atom is 0.343 e. The van der Waals surface area contributed by atoms with E-state index in [0.29, 0.717) is 11.3 Å². The molecule has 2 aromatic carbocycles. The summed E-state index contributed by atoms with van der Waals surface area (Å²) < 4.78 is 9.76. The Morgan fingerprint density at radius 1 is 1.03 bits per heavy atom. The molecule has 0 aromatic heterocycles. The molecular formula is C22H18Cl2N2O6. The minimum atomic E-state index is -0.848. The summed E-state index contributed by atoms with van der Waals surface area (Å²) in [6, 6.07) is 7.20. The molecule has 10 heteroatoms. The smallest absolute Gasteiger partial charge is 0.343 e. The predicted octanol–water partition coefficient (Wildman–Crippen LogP) is 3.83. The van der Waals surface area contributed by atoms with Crippen LogP contribution in [-0.4, -0.2) is 37.5 Å². The molecule has 1 heterocycles. The summed E-state index contributed by atoms with van der Waals surface area (Å²) in [4.78, 5) is 50.0. The average molecular weight is 477 g/mol. The number of methoxy groups -OCH3 is 1. The Labute approximate surface area is 193 Å². The van der Waals surface area contributed by atoms with E-state index in [1.165, 1.54) is 25.3 Å². The summed E-state index contributed by atoms with van der Waals surface area (Å²) in [6.45, 7) is 3.27. The van der Waals surface area contributed by atoms with Gasteiger partial charge >= 0.3 is 12.0 Å². The SMILES string of the molecule is COC(=O)COc1c(Cl)cc(C=C2C(=O)NC(=O)N(c3cc(C)cc(C)c3)C2=O)cc1Cl. The molecule has 0 bridgehead atoms. The number of amides is 4. The lowest BCUT2D eigenvalue weighted by atomic mass is 10.1. The van der Waals surface area contributed by atoms with Gasteiger partial charge in [-0.3, -0.25) is 14.9 Å². The van der Waals surface area contributed by atoms with Crippen molar-refractivity contribution in [3.63, 3.8) is 0 Å². The molecule has 0 aliphatic carbocycles. The second-order valence-electron chi connectivity index (χ2n) is 6.98. The molecule has 32 heavy (non-hydrogen) atoms. The minimum Gasteiger partial charge on any atom is -0.479 e. The van der Waals surface area contributed by atoms with Gasteiger partial charge in [0.2, 0.25) is 0 Å². The number of carbonyl (C=O) groups is 4. The number of rotatable bonds is 5. The molecule has 0 unspecified atom stereocenters. The third-order valence-electron chi connectivity index (χ3n) is 4.46. The number of halogens is 2. The highest BCUT2D eigenvalue weighted by atomic mass is 35.5. The van der Waals surface area contributed by atoms with Crippen LogP contribution in [0.25, 0.3) is 6.08 Å². The first kappa shape index (κ1) is 23.3. The van der Waals surface area contributed by atoms with Crippen LogP contribution < -0.4 is 15.0 Å². The number of benzene rings is 2. The standard InChI is InChI=1S/C22H18Cl2N2O6/c1-11-4-12(2)6-14(5-11)26-21(29)15(20(28)25-22(26)30)7-13-8-16(23)19(17(24)9-13)32-10-18(27)31-3/h4-9H,10H2,1-3H3,(H,25,28,30). The van der Waals surface area contributed by atoms with Crippen molar-refractivity contribution in [2.24, 2.45) is 0 Å². The molecule has 0 radical (unpaired) electrons. The highest BCUT2D eigenvalue weighted by molar-refractivity contribution is 6.40. The third-order valence-corrected chi connectivity index (χ3v) is 5.02. The van der Waals surface area contributed by atoms with Gasteiger partial charge in [-0.25, -0.2) is 14.5 Å². The first-order chi connectivity index (χ1) is 15.1. The summed E-state index contributed by atoms with van der Waals surface area (Å²) in [5, 5.41) is 2.27. The van der Waals surface area contributed by atoms with E-state index in [2.05, 4.69) is 10.1 Å². The molecule has 3 rings (SSSR count). The second-order valence-corrected chi connectivity index (χ2v) is 7.80. The second kappa shape index (κ2) is 9.42. The molecule has 8 nitrogen and oxygen atoms in total. The van der Waals surface area contributed by atoms with Crippen molar-refractivity contribution in [1.82, 2.24) is 5.32 Å². The van der Waals surface area contributed by atoms with Gasteiger partial charge in [-0.05, 0) is 60.9 Å². The highest BCUT2D eigenvalue weighted by Crippen LogP contribution is 2.35. The van der Waals surface area contributed by atoms with Crippen LogP contribution in [-0.2, 0) is 19.1 Å². The summed E-state index contributed by atoms with van der Waals surface area (Å²) in [6.07, 6.45) is 1.27. The molecule has 0 atom stereocenters. The number of carbonyl (C=O) groups excluding carboxylic acids is 4. The van der Waals surface area contributed by atoms with Crippen molar-refractivity contribution in [2.45, 2.75) is 13.8 Å². The quantitative estimate of drug-likeness (QED) is 0.399. The van der Waals surface area contributed by atoms with Crippen LogP contribution in [0.4, 0.5) is 10.5 Å². The number of esters is 1. The normalized spacial score (nSPS) is 15.1. The molecule has 1 fully saturated rings. The Morgan fingerprint density at radius 2 is 1.62 bits per heavy atom. The van der Waals surface area contributed by atoms with Gasteiger partial charge in [0.05, 0.1) is 22.8 Å². The van der Waals surface area contributed by atoms with Gasteiger partial charge in [0.1, 0.15) is 5.57 Å². The third kappa shape index (κ3) is 4.92. The maximum absolute atomic E-state index is 13.1. The number of urea groups is 1. The number of aryl methyl sites for hydroxylation is 2. The molecule has 1 saturated heterocycles. The number of nitrogens with one attached hydrogen (secondary N) is 1. The molecule has 1 aliphatic rings. The Kier molecular flexibility index (Phi) is 6.86. The van der Waals surface area contributed by atoms with E-state index in [9.17, 15) is 19.2 Å². The van der Waals surface area contributed by atoms with E-state index in [4.69, 9.17) is 27.9 Å². The van der Waals surface area contributed by atoms with Gasteiger partial charge in [0.25, 0.3) is 11.8 Å². The lowest BCUT2D eigenvalue weighted by Crippen LogP contribution is -2.54. The van der Waals surface area contributed by atoms with Crippen LogP contribution in [0, 0.1) is 13.8 Å². The Morgan fingerprint density at radius 3 is 2.19 bits per heavy atom. The maximum atomic E-state index is 13.1. The van der Waals surface area contributed by atoms with Gasteiger partial charge in [0, 0.05) is 0 Å². The first-order valence-electron chi connectivity index (χ1n) is 9.29. The molecule has 0 spiro atoms. The van der Waals surface area contributed by atoms with Crippen LogP contribution in [0.1, 0.15) is 16.7 Å². The molecule has 2 aromatic rings. The number of imide groups is 2. The fourth-order valence-corrected chi connectivity index (χ4v) is 3.74. The Bertz CT molecular complexity index is 1130. The van der Waals surface area contributed by atoms with Gasteiger partial charge in [-0.2, -0.15) is 0 Å². The fraction of sp³-hybridized carbons (Fsp3) is 0.182. The van der Waals surface area contributed by atoms with Crippen molar-refractivity contribution in [3.8, 4) is 5.75 Å².